The highest BCUT2D eigenvalue weighted by Gasteiger charge is 2.18. The van der Waals surface area contributed by atoms with Gasteiger partial charge in [-0.2, -0.15) is 0 Å². The molecule has 0 aliphatic rings. The van der Waals surface area contributed by atoms with Crippen molar-refractivity contribution in [1.29, 1.82) is 0 Å². The van der Waals surface area contributed by atoms with Gasteiger partial charge in [-0.05, 0) is 76.8 Å². The first-order valence-corrected chi connectivity index (χ1v) is 11.9. The van der Waals surface area contributed by atoms with Crippen molar-refractivity contribution in [2.24, 2.45) is 4.99 Å². The highest BCUT2D eigenvalue weighted by Crippen LogP contribution is 2.31. The average Bonchev–Trinajstić information content (AvgIpc) is 3.15. The predicted octanol–water partition coefficient (Wildman–Crippen LogP) is 4.89. The van der Waals surface area contributed by atoms with Crippen LogP contribution in [0.25, 0.3) is 10.9 Å². The molecule has 0 radical (unpaired) electrons. The first kappa shape index (κ1) is 26.0. The molecule has 3 aromatic rings. The maximum absolute atomic E-state index is 12.2. The van der Waals surface area contributed by atoms with Crippen molar-refractivity contribution in [2.75, 3.05) is 38.7 Å². The Morgan fingerprint density at radius 2 is 1.77 bits per heavy atom. The second kappa shape index (κ2) is 11.7. The van der Waals surface area contributed by atoms with Gasteiger partial charge >= 0.3 is 5.97 Å². The first-order valence-electron chi connectivity index (χ1n) is 11.9. The SMILES string of the molecule is CCOC(=O)c1ccc2c(C(CC)=Nc3ccc(N(CCCN(C)C)C(C)=O)cc3)c(O)[nH]c2c1. The van der Waals surface area contributed by atoms with Crippen molar-refractivity contribution in [3.05, 3.63) is 53.6 Å². The van der Waals surface area contributed by atoms with E-state index in [0.29, 0.717) is 41.9 Å². The van der Waals surface area contributed by atoms with Gasteiger partial charge < -0.3 is 24.6 Å². The Labute approximate surface area is 206 Å². The van der Waals surface area contributed by atoms with Crippen molar-refractivity contribution in [1.82, 2.24) is 9.88 Å². The van der Waals surface area contributed by atoms with Crippen molar-refractivity contribution >= 4 is 39.9 Å². The molecule has 3 rings (SSSR count). The summed E-state index contributed by atoms with van der Waals surface area (Å²) in [7, 11) is 4.03. The summed E-state index contributed by atoms with van der Waals surface area (Å²) in [5.74, 6) is -0.405. The summed E-state index contributed by atoms with van der Waals surface area (Å²) in [6, 6.07) is 12.7. The number of esters is 1. The number of H-pyrrole nitrogens is 1. The lowest BCUT2D eigenvalue weighted by atomic mass is 10.0. The molecule has 0 unspecified atom stereocenters. The maximum Gasteiger partial charge on any atom is 0.338 e. The number of anilines is 1. The van der Waals surface area contributed by atoms with Gasteiger partial charge in [0.15, 0.2) is 5.88 Å². The number of carbonyl (C=O) groups excluding carboxylic acids is 2. The first-order chi connectivity index (χ1) is 16.7. The molecule has 0 aliphatic carbocycles. The average molecular weight is 479 g/mol. The number of rotatable bonds is 10. The fraction of sp³-hybridized carbons (Fsp3) is 0.370. The van der Waals surface area contributed by atoms with Crippen LogP contribution in [0.15, 0.2) is 47.5 Å². The number of fused-ring (bicyclic) bond motifs is 1. The number of carbonyl (C=O) groups is 2. The van der Waals surface area contributed by atoms with E-state index >= 15 is 0 Å². The van der Waals surface area contributed by atoms with Crippen LogP contribution in [-0.4, -0.2) is 66.4 Å². The summed E-state index contributed by atoms with van der Waals surface area (Å²) >= 11 is 0. The number of benzene rings is 2. The Bertz CT molecular complexity index is 1210. The summed E-state index contributed by atoms with van der Waals surface area (Å²) in [6.45, 7) is 7.15. The molecule has 2 aromatic carbocycles. The third kappa shape index (κ3) is 6.27. The number of hydrogen-bond acceptors (Lipinski definition) is 6. The van der Waals surface area contributed by atoms with E-state index in [9.17, 15) is 14.7 Å². The van der Waals surface area contributed by atoms with Crippen molar-refractivity contribution < 1.29 is 19.4 Å². The molecule has 0 bridgehead atoms. The zero-order valence-corrected chi connectivity index (χ0v) is 21.1. The molecule has 0 fully saturated rings. The molecule has 8 heteroatoms. The molecule has 1 heterocycles. The van der Waals surface area contributed by atoms with Gasteiger partial charge in [0.05, 0.1) is 29.1 Å². The highest BCUT2D eigenvalue weighted by atomic mass is 16.5. The highest BCUT2D eigenvalue weighted by molar-refractivity contribution is 6.14. The van der Waals surface area contributed by atoms with Gasteiger partial charge in [0, 0.05) is 30.1 Å². The van der Waals surface area contributed by atoms with Gasteiger partial charge in [0.1, 0.15) is 0 Å². The van der Waals surface area contributed by atoms with Crippen LogP contribution in [-0.2, 0) is 9.53 Å². The molecule has 35 heavy (non-hydrogen) atoms. The largest absolute Gasteiger partial charge is 0.494 e. The van der Waals surface area contributed by atoms with Gasteiger partial charge in [0.2, 0.25) is 5.91 Å². The van der Waals surface area contributed by atoms with Crippen molar-refractivity contribution in [2.45, 2.75) is 33.6 Å². The van der Waals surface area contributed by atoms with E-state index in [-0.39, 0.29) is 11.8 Å². The molecular weight excluding hydrogens is 444 g/mol. The fourth-order valence-electron chi connectivity index (χ4n) is 4.00. The van der Waals surface area contributed by atoms with Crippen LogP contribution in [0.3, 0.4) is 0 Å². The van der Waals surface area contributed by atoms with Gasteiger partial charge in [-0.25, -0.2) is 4.79 Å². The Hall–Kier alpha value is -3.65. The number of aromatic nitrogens is 1. The van der Waals surface area contributed by atoms with Crippen LogP contribution in [0.5, 0.6) is 5.88 Å². The smallest absolute Gasteiger partial charge is 0.338 e. The van der Waals surface area contributed by atoms with Crippen LogP contribution in [0, 0.1) is 0 Å². The number of aromatic amines is 1. The summed E-state index contributed by atoms with van der Waals surface area (Å²) in [6.07, 6.45) is 1.47. The lowest BCUT2D eigenvalue weighted by Crippen LogP contribution is -2.31. The lowest BCUT2D eigenvalue weighted by Gasteiger charge is -2.22. The normalized spacial score (nSPS) is 11.8. The van der Waals surface area contributed by atoms with E-state index in [2.05, 4.69) is 9.88 Å². The zero-order chi connectivity index (χ0) is 25.5. The van der Waals surface area contributed by atoms with E-state index in [0.717, 1.165) is 29.7 Å². The minimum atomic E-state index is -0.407. The van der Waals surface area contributed by atoms with E-state index in [1.807, 2.05) is 45.3 Å². The molecule has 2 N–H and O–H groups in total. The standard InChI is InChI=1S/C27H34N4O4/c1-6-23(25-22-14-9-19(27(34)35-7-2)17-24(22)29-26(25)33)28-20-10-12-21(13-11-20)31(18(3)32)16-8-15-30(4)5/h9-14,17,29,33H,6-8,15-16H2,1-5H3. The molecule has 186 valence electrons. The molecule has 0 aliphatic heterocycles. The monoisotopic (exact) mass is 478 g/mol. The Morgan fingerprint density at radius 3 is 2.37 bits per heavy atom. The number of aromatic hydroxyl groups is 1. The minimum Gasteiger partial charge on any atom is -0.494 e. The third-order valence-electron chi connectivity index (χ3n) is 5.71. The van der Waals surface area contributed by atoms with Crippen LogP contribution < -0.4 is 4.90 Å². The number of aliphatic imine (C=N–C) groups is 1. The minimum absolute atomic E-state index is 0.000145. The van der Waals surface area contributed by atoms with Crippen molar-refractivity contribution in [3.63, 3.8) is 0 Å². The molecule has 8 nitrogen and oxygen atoms in total. The van der Waals surface area contributed by atoms with Crippen LogP contribution in [0.1, 0.15) is 49.5 Å². The molecular formula is C27H34N4O4. The fourth-order valence-corrected chi connectivity index (χ4v) is 4.00. The summed E-state index contributed by atoms with van der Waals surface area (Å²) < 4.78 is 5.07. The van der Waals surface area contributed by atoms with E-state index in [4.69, 9.17) is 9.73 Å². The van der Waals surface area contributed by atoms with E-state index < -0.39 is 5.97 Å². The third-order valence-corrected chi connectivity index (χ3v) is 5.71. The maximum atomic E-state index is 12.2. The number of ether oxygens (including phenoxy) is 1. The van der Waals surface area contributed by atoms with E-state index in [1.165, 1.54) is 0 Å². The number of amides is 1. The van der Waals surface area contributed by atoms with Gasteiger partial charge in [-0.1, -0.05) is 13.0 Å². The molecule has 0 saturated heterocycles. The topological polar surface area (TPSA) is 98.2 Å². The zero-order valence-electron chi connectivity index (χ0n) is 21.1. The second-order valence-corrected chi connectivity index (χ2v) is 8.59. The van der Waals surface area contributed by atoms with Crippen molar-refractivity contribution in [3.8, 4) is 5.88 Å². The number of nitrogens with one attached hydrogen (secondary N) is 1. The quantitative estimate of drug-likeness (QED) is 0.319. The molecule has 0 spiro atoms. The summed E-state index contributed by atoms with van der Waals surface area (Å²) in [5.41, 5.74) is 3.91. The molecule has 1 amide bonds. The van der Waals surface area contributed by atoms with Gasteiger partial charge in [-0.15, -0.1) is 0 Å². The summed E-state index contributed by atoms with van der Waals surface area (Å²) in [4.78, 5) is 35.8. The molecule has 0 atom stereocenters. The lowest BCUT2D eigenvalue weighted by molar-refractivity contribution is -0.116. The predicted molar refractivity (Wildman–Crippen MR) is 140 cm³/mol. The Kier molecular flexibility index (Phi) is 8.65. The van der Waals surface area contributed by atoms with Crippen LogP contribution in [0.4, 0.5) is 11.4 Å². The van der Waals surface area contributed by atoms with E-state index in [1.54, 1.807) is 36.9 Å². The Morgan fingerprint density at radius 1 is 1.06 bits per heavy atom. The number of nitrogens with zero attached hydrogens (tertiary/aromatic N) is 3. The van der Waals surface area contributed by atoms with Crippen LogP contribution >= 0.6 is 0 Å². The second-order valence-electron chi connectivity index (χ2n) is 8.59. The molecule has 0 saturated carbocycles. The summed E-state index contributed by atoms with van der Waals surface area (Å²) in [5, 5.41) is 11.4. The Balaban J connectivity index is 1.88. The molecule has 1 aromatic heterocycles. The van der Waals surface area contributed by atoms with Gasteiger partial charge in [0.25, 0.3) is 0 Å². The van der Waals surface area contributed by atoms with Crippen LogP contribution in [0.2, 0.25) is 0 Å². The number of hydrogen-bond donors (Lipinski definition) is 2. The van der Waals surface area contributed by atoms with Gasteiger partial charge in [-0.3, -0.25) is 9.79 Å².